The molecule has 1 aliphatic carbocycles. The highest BCUT2D eigenvalue weighted by atomic mass is 19.1. The summed E-state index contributed by atoms with van der Waals surface area (Å²) in [5.74, 6) is 7.61. The van der Waals surface area contributed by atoms with Gasteiger partial charge in [-0.05, 0) is 104 Å². The normalized spacial score (nSPS) is 18.4. The lowest BCUT2D eigenvalue weighted by molar-refractivity contribution is 0.308. The molecule has 0 N–H and O–H groups in total. The van der Waals surface area contributed by atoms with E-state index in [0.717, 1.165) is 59.1 Å². The largest absolute Gasteiger partial charge is 0.206 e. The van der Waals surface area contributed by atoms with Crippen LogP contribution in [0.4, 0.5) is 4.39 Å². The van der Waals surface area contributed by atoms with Crippen LogP contribution in [0.2, 0.25) is 0 Å². The number of aryl methyl sites for hydroxylation is 1. The highest BCUT2D eigenvalue weighted by Crippen LogP contribution is 2.39. The average Bonchev–Trinajstić information content (AvgIpc) is 2.85. The summed E-state index contributed by atoms with van der Waals surface area (Å²) in [6.45, 7) is 4.28. The molecule has 1 saturated carbocycles. The molecule has 1 aliphatic rings. The Kier molecular flexibility index (Phi) is 8.01. The summed E-state index contributed by atoms with van der Waals surface area (Å²) < 4.78 is 15.4. The first-order valence-corrected chi connectivity index (χ1v) is 12.6. The third-order valence-corrected chi connectivity index (χ3v) is 7.09. The van der Waals surface area contributed by atoms with E-state index in [1.807, 2.05) is 24.3 Å². The first kappa shape index (κ1) is 23.3. The average molecular weight is 439 g/mol. The Morgan fingerprint density at radius 1 is 0.909 bits per heavy atom. The Morgan fingerprint density at radius 2 is 1.64 bits per heavy atom. The number of hydrogen-bond donors (Lipinski definition) is 0. The van der Waals surface area contributed by atoms with E-state index in [1.54, 1.807) is 0 Å². The van der Waals surface area contributed by atoms with Gasteiger partial charge >= 0.3 is 0 Å². The van der Waals surface area contributed by atoms with Gasteiger partial charge < -0.3 is 0 Å². The number of halogens is 1. The molecule has 0 nitrogen and oxygen atoms in total. The van der Waals surface area contributed by atoms with Crippen LogP contribution in [-0.4, -0.2) is 0 Å². The summed E-state index contributed by atoms with van der Waals surface area (Å²) in [6.07, 6.45) is 13.7. The molecule has 0 amide bonds. The fourth-order valence-electron chi connectivity index (χ4n) is 5.15. The van der Waals surface area contributed by atoms with E-state index in [4.69, 9.17) is 0 Å². The number of hydrogen-bond acceptors (Lipinski definition) is 0. The summed E-state index contributed by atoms with van der Waals surface area (Å²) in [7, 11) is 0. The summed E-state index contributed by atoms with van der Waals surface area (Å²) in [4.78, 5) is 0. The lowest BCUT2D eigenvalue weighted by Gasteiger charge is -2.29. The zero-order valence-corrected chi connectivity index (χ0v) is 20.0. The molecule has 1 fully saturated rings. The van der Waals surface area contributed by atoms with E-state index in [-0.39, 0.29) is 5.82 Å². The van der Waals surface area contributed by atoms with Crippen molar-refractivity contribution in [2.24, 2.45) is 5.92 Å². The van der Waals surface area contributed by atoms with E-state index >= 15 is 4.39 Å². The third-order valence-electron chi connectivity index (χ3n) is 7.09. The van der Waals surface area contributed by atoms with Crippen LogP contribution in [0.3, 0.4) is 0 Å². The molecular weight excluding hydrogens is 403 g/mol. The van der Waals surface area contributed by atoms with Crippen molar-refractivity contribution in [2.75, 3.05) is 0 Å². The summed E-state index contributed by atoms with van der Waals surface area (Å²) in [6, 6.07) is 18.4. The first-order chi connectivity index (χ1) is 16.2. The quantitative estimate of drug-likeness (QED) is 0.266. The van der Waals surface area contributed by atoms with Crippen LogP contribution < -0.4 is 0 Å². The van der Waals surface area contributed by atoms with Gasteiger partial charge in [-0.3, -0.25) is 0 Å². The van der Waals surface area contributed by atoms with Crippen molar-refractivity contribution >= 4 is 10.8 Å². The molecule has 1 heteroatoms. The van der Waals surface area contributed by atoms with Crippen LogP contribution in [0, 0.1) is 23.6 Å². The molecule has 3 aromatic carbocycles. The van der Waals surface area contributed by atoms with E-state index < -0.39 is 0 Å². The fourth-order valence-corrected chi connectivity index (χ4v) is 5.15. The second kappa shape index (κ2) is 11.3. The molecule has 3 aromatic rings. The second-order valence-corrected chi connectivity index (χ2v) is 9.47. The van der Waals surface area contributed by atoms with Gasteiger partial charge in [0.05, 0.1) is 0 Å². The van der Waals surface area contributed by atoms with Crippen molar-refractivity contribution in [1.29, 1.82) is 0 Å². The van der Waals surface area contributed by atoms with Crippen molar-refractivity contribution < 1.29 is 4.39 Å². The topological polar surface area (TPSA) is 0 Å². The molecule has 0 aliphatic heterocycles. The van der Waals surface area contributed by atoms with Crippen molar-refractivity contribution in [3.63, 3.8) is 0 Å². The Morgan fingerprint density at radius 3 is 2.36 bits per heavy atom. The van der Waals surface area contributed by atoms with Gasteiger partial charge in [0.1, 0.15) is 5.82 Å². The van der Waals surface area contributed by atoms with Crippen LogP contribution in [0.5, 0.6) is 0 Å². The summed E-state index contributed by atoms with van der Waals surface area (Å²) in [5.41, 5.74) is 4.19. The zero-order valence-electron chi connectivity index (χ0n) is 20.0. The Balaban J connectivity index is 1.46. The van der Waals surface area contributed by atoms with Gasteiger partial charge in [0.25, 0.3) is 0 Å². The van der Waals surface area contributed by atoms with Crippen molar-refractivity contribution in [3.8, 4) is 11.8 Å². The molecule has 0 heterocycles. The maximum atomic E-state index is 15.4. The molecule has 0 bridgehead atoms. The van der Waals surface area contributed by atoms with Gasteiger partial charge in [-0.15, -0.1) is 0 Å². The van der Waals surface area contributed by atoms with Crippen molar-refractivity contribution in [3.05, 3.63) is 94.8 Å². The van der Waals surface area contributed by atoms with Crippen LogP contribution in [0.25, 0.3) is 10.8 Å². The van der Waals surface area contributed by atoms with Crippen molar-refractivity contribution in [2.45, 2.75) is 71.1 Å². The number of rotatable bonds is 6. The summed E-state index contributed by atoms with van der Waals surface area (Å²) >= 11 is 0. The molecule has 0 atom stereocenters. The number of allylic oxidation sites excluding steroid dienone is 2. The van der Waals surface area contributed by atoms with E-state index in [9.17, 15) is 0 Å². The van der Waals surface area contributed by atoms with Crippen molar-refractivity contribution in [1.82, 2.24) is 0 Å². The number of benzene rings is 3. The molecule has 0 unspecified atom stereocenters. The fraction of sp³-hybridized carbons (Fsp3) is 0.375. The van der Waals surface area contributed by atoms with Crippen LogP contribution >= 0.6 is 0 Å². The molecular formula is C32H35F. The predicted molar refractivity (Wildman–Crippen MR) is 139 cm³/mol. The second-order valence-electron chi connectivity index (χ2n) is 9.47. The predicted octanol–water partition coefficient (Wildman–Crippen LogP) is 8.96. The van der Waals surface area contributed by atoms with Crippen LogP contribution in [-0.2, 0) is 6.42 Å². The SMILES string of the molecule is C/C=C/CCC1CCC(c2ccc3cc(C#Cc4ccc(CCC)cc4)ccc3c2F)CC1. The van der Waals surface area contributed by atoms with Crippen LogP contribution in [0.1, 0.15) is 87.0 Å². The molecule has 33 heavy (non-hydrogen) atoms. The highest BCUT2D eigenvalue weighted by Gasteiger charge is 2.24. The minimum Gasteiger partial charge on any atom is -0.206 e. The lowest BCUT2D eigenvalue weighted by Crippen LogP contribution is -2.14. The Labute approximate surface area is 198 Å². The molecule has 0 spiro atoms. The van der Waals surface area contributed by atoms with Gasteiger partial charge in [0, 0.05) is 16.5 Å². The summed E-state index contributed by atoms with van der Waals surface area (Å²) in [5, 5.41) is 1.65. The standard InChI is InChI=1S/C32H35F/c1-3-5-6-8-25-15-18-28(19-16-25)30-22-20-29-23-27(17-21-31(29)32(30)33)14-13-26-11-9-24(7-4-2)10-12-26/h3,5,9-12,17,20-23,25,28H,4,6-8,15-16,18-19H2,1-2H3/b5-3+. The monoisotopic (exact) mass is 438 g/mol. The smallest absolute Gasteiger partial charge is 0.134 e. The molecule has 170 valence electrons. The van der Waals surface area contributed by atoms with Gasteiger partial charge in [-0.25, -0.2) is 4.39 Å². The van der Waals surface area contributed by atoms with Gasteiger partial charge in [-0.1, -0.05) is 67.7 Å². The Hall–Kier alpha value is -2.85. The third kappa shape index (κ3) is 5.94. The minimum atomic E-state index is -0.0316. The molecule has 0 aromatic heterocycles. The molecule has 0 saturated heterocycles. The number of fused-ring (bicyclic) bond motifs is 1. The molecule has 4 rings (SSSR count). The maximum absolute atomic E-state index is 15.4. The first-order valence-electron chi connectivity index (χ1n) is 12.6. The van der Waals surface area contributed by atoms with E-state index in [0.29, 0.717) is 5.92 Å². The van der Waals surface area contributed by atoms with Gasteiger partial charge in [0.15, 0.2) is 0 Å². The van der Waals surface area contributed by atoms with E-state index in [2.05, 4.69) is 68.2 Å². The minimum absolute atomic E-state index is 0.0316. The lowest BCUT2D eigenvalue weighted by atomic mass is 9.76. The van der Waals surface area contributed by atoms with Gasteiger partial charge in [-0.2, -0.15) is 0 Å². The maximum Gasteiger partial charge on any atom is 0.134 e. The van der Waals surface area contributed by atoms with Crippen LogP contribution in [0.15, 0.2) is 66.7 Å². The van der Waals surface area contributed by atoms with E-state index in [1.165, 1.54) is 31.2 Å². The zero-order chi connectivity index (χ0) is 23.0. The van der Waals surface area contributed by atoms with Gasteiger partial charge in [0.2, 0.25) is 0 Å². The highest BCUT2D eigenvalue weighted by molar-refractivity contribution is 5.85. The Bertz CT molecular complexity index is 1150. The molecule has 0 radical (unpaired) electrons.